The van der Waals surface area contributed by atoms with Crippen molar-refractivity contribution in [1.29, 1.82) is 0 Å². The monoisotopic (exact) mass is 174 g/mol. The number of carbonyl (C=O) groups excluding carboxylic acids is 2. The van der Waals surface area contributed by atoms with Crippen molar-refractivity contribution in [2.45, 2.75) is 25.8 Å². The van der Waals surface area contributed by atoms with Gasteiger partial charge in [0.15, 0.2) is 0 Å². The highest BCUT2D eigenvalue weighted by molar-refractivity contribution is 5.76. The predicted octanol–water partition coefficient (Wildman–Crippen LogP) is -1.59. The molecule has 0 heterocycles. The fourth-order valence-corrected chi connectivity index (χ4v) is 0.641. The molecule has 0 rings (SSSR count). The molecule has 1 atom stereocenters. The number of rotatable bonds is 5. The van der Waals surface area contributed by atoms with Crippen LogP contribution < -0.4 is 10.8 Å². The normalized spacial score (nSPS) is 12.2. The Kier molecular flexibility index (Phi) is 5.03. The number of carboxylic acids is 1. The molecule has 5 nitrogen and oxygen atoms in total. The summed E-state index contributed by atoms with van der Waals surface area (Å²) in [5, 5.41) is 9.97. The van der Waals surface area contributed by atoms with E-state index in [9.17, 15) is 14.7 Å². The van der Waals surface area contributed by atoms with Crippen LogP contribution in [0.1, 0.15) is 19.8 Å². The molecule has 0 spiro atoms. The Labute approximate surface area is 70.5 Å². The van der Waals surface area contributed by atoms with E-state index in [4.69, 9.17) is 5.73 Å². The first-order valence-corrected chi connectivity index (χ1v) is 3.70. The first-order valence-electron chi connectivity index (χ1n) is 3.70. The molecular weight excluding hydrogens is 162 g/mol. The fourth-order valence-electron chi connectivity index (χ4n) is 0.641. The minimum atomic E-state index is -1.21. The zero-order valence-electron chi connectivity index (χ0n) is 6.91. The summed E-state index contributed by atoms with van der Waals surface area (Å²) in [5.41, 5.74) is 5.29. The van der Waals surface area contributed by atoms with Crippen LogP contribution in [-0.2, 0) is 14.3 Å². The molecule has 0 aliphatic rings. The highest BCUT2D eigenvalue weighted by Crippen LogP contribution is 1.95. The van der Waals surface area contributed by atoms with E-state index >= 15 is 0 Å². The Hall–Kier alpha value is -1.10. The van der Waals surface area contributed by atoms with Crippen LogP contribution >= 0.6 is 0 Å². The minimum Gasteiger partial charge on any atom is -0.550 e. The number of nitrogens with two attached hydrogens (primary N) is 1. The van der Waals surface area contributed by atoms with Crippen LogP contribution in [0.25, 0.3) is 0 Å². The van der Waals surface area contributed by atoms with Crippen molar-refractivity contribution in [1.82, 2.24) is 0 Å². The molecule has 2 N–H and O–H groups in total. The summed E-state index contributed by atoms with van der Waals surface area (Å²) in [6.45, 7) is 1.90. The van der Waals surface area contributed by atoms with Crippen LogP contribution in [0.2, 0.25) is 0 Å². The Bertz CT molecular complexity index is 169. The summed E-state index contributed by atoms with van der Waals surface area (Å²) in [7, 11) is 0. The van der Waals surface area contributed by atoms with Crippen LogP contribution in [0.5, 0.6) is 0 Å². The number of hydrogen-bond acceptors (Lipinski definition) is 5. The first kappa shape index (κ1) is 10.9. The molecule has 5 heteroatoms. The number of aliphatic carboxylic acids is 1. The van der Waals surface area contributed by atoms with Gasteiger partial charge in [-0.1, -0.05) is 0 Å². The third kappa shape index (κ3) is 4.68. The fraction of sp³-hybridized carbons (Fsp3) is 0.714. The summed E-state index contributed by atoms with van der Waals surface area (Å²) in [4.78, 5) is 20.8. The Morgan fingerprint density at radius 3 is 2.58 bits per heavy atom. The van der Waals surface area contributed by atoms with Gasteiger partial charge in [-0.15, -0.1) is 0 Å². The smallest absolute Gasteiger partial charge is 0.322 e. The molecule has 0 aromatic heterocycles. The lowest BCUT2D eigenvalue weighted by Gasteiger charge is -2.09. The van der Waals surface area contributed by atoms with Gasteiger partial charge in [-0.25, -0.2) is 0 Å². The van der Waals surface area contributed by atoms with E-state index in [0.717, 1.165) is 0 Å². The van der Waals surface area contributed by atoms with Crippen LogP contribution in [0.15, 0.2) is 0 Å². The molecule has 0 saturated heterocycles. The van der Waals surface area contributed by atoms with E-state index in [1.807, 2.05) is 0 Å². The topological polar surface area (TPSA) is 92.5 Å². The molecule has 0 amide bonds. The molecule has 0 saturated carbocycles. The summed E-state index contributed by atoms with van der Waals surface area (Å²) < 4.78 is 4.56. The van der Waals surface area contributed by atoms with E-state index in [0.29, 0.717) is 0 Å². The van der Waals surface area contributed by atoms with Crippen LogP contribution in [0.3, 0.4) is 0 Å². The average Bonchev–Trinajstić information content (AvgIpc) is 2.00. The van der Waals surface area contributed by atoms with Gasteiger partial charge in [0.05, 0.1) is 6.61 Å². The van der Waals surface area contributed by atoms with E-state index in [2.05, 4.69) is 4.74 Å². The Morgan fingerprint density at radius 2 is 2.17 bits per heavy atom. The van der Waals surface area contributed by atoms with Crippen LogP contribution in [0.4, 0.5) is 0 Å². The van der Waals surface area contributed by atoms with Gasteiger partial charge in [-0.05, 0) is 19.8 Å². The zero-order valence-corrected chi connectivity index (χ0v) is 6.91. The highest BCUT2D eigenvalue weighted by atomic mass is 16.5. The van der Waals surface area contributed by atoms with Crippen molar-refractivity contribution in [3.63, 3.8) is 0 Å². The van der Waals surface area contributed by atoms with Gasteiger partial charge in [0.25, 0.3) is 0 Å². The second kappa shape index (κ2) is 5.54. The molecule has 0 aliphatic heterocycles. The number of carbonyl (C=O) groups is 2. The van der Waals surface area contributed by atoms with Gasteiger partial charge in [0.1, 0.15) is 6.04 Å². The molecule has 0 aromatic carbocycles. The largest absolute Gasteiger partial charge is 0.550 e. The summed E-state index contributed by atoms with van der Waals surface area (Å²) >= 11 is 0. The van der Waals surface area contributed by atoms with E-state index in [1.54, 1.807) is 6.92 Å². The van der Waals surface area contributed by atoms with Crippen LogP contribution in [-0.4, -0.2) is 24.6 Å². The minimum absolute atomic E-state index is 0.0567. The Morgan fingerprint density at radius 1 is 1.58 bits per heavy atom. The average molecular weight is 174 g/mol. The molecule has 0 unspecified atom stereocenters. The third-order valence-electron chi connectivity index (χ3n) is 1.25. The predicted molar refractivity (Wildman–Crippen MR) is 38.8 cm³/mol. The van der Waals surface area contributed by atoms with E-state index in [-0.39, 0.29) is 19.4 Å². The lowest BCUT2D eigenvalue weighted by Crippen LogP contribution is -2.34. The standard InChI is InChI=1S/C7H13NO4/c1-2-12-7(11)5(8)3-4-6(9)10/h5H,2-4,8H2,1H3,(H,9,10)/p-1/t5-/m1/s1. The number of carboxylic acid groups (broad SMARTS) is 1. The number of ether oxygens (including phenoxy) is 1. The first-order chi connectivity index (χ1) is 5.57. The van der Waals surface area contributed by atoms with Crippen molar-refractivity contribution in [3.8, 4) is 0 Å². The van der Waals surface area contributed by atoms with Crippen molar-refractivity contribution in [2.75, 3.05) is 6.61 Å². The molecule has 12 heavy (non-hydrogen) atoms. The summed E-state index contributed by atoms with van der Waals surface area (Å²) in [6.07, 6.45) is -0.166. The lowest BCUT2D eigenvalue weighted by atomic mass is 10.2. The van der Waals surface area contributed by atoms with Gasteiger partial charge >= 0.3 is 5.97 Å². The maximum absolute atomic E-state index is 10.8. The molecular formula is C7H12NO4-. The van der Waals surface area contributed by atoms with Crippen molar-refractivity contribution in [3.05, 3.63) is 0 Å². The van der Waals surface area contributed by atoms with Crippen molar-refractivity contribution in [2.24, 2.45) is 5.73 Å². The van der Waals surface area contributed by atoms with Gasteiger partial charge in [0, 0.05) is 5.97 Å². The van der Waals surface area contributed by atoms with Crippen molar-refractivity contribution < 1.29 is 19.4 Å². The SMILES string of the molecule is CCOC(=O)[C@H](N)CCC(=O)[O-]. The van der Waals surface area contributed by atoms with Crippen molar-refractivity contribution >= 4 is 11.9 Å². The highest BCUT2D eigenvalue weighted by Gasteiger charge is 2.13. The molecule has 0 radical (unpaired) electrons. The maximum Gasteiger partial charge on any atom is 0.322 e. The van der Waals surface area contributed by atoms with Gasteiger partial charge < -0.3 is 20.4 Å². The summed E-state index contributed by atoms with van der Waals surface area (Å²) in [6, 6.07) is -0.858. The lowest BCUT2D eigenvalue weighted by molar-refractivity contribution is -0.305. The van der Waals surface area contributed by atoms with E-state index < -0.39 is 18.0 Å². The molecule has 0 aromatic rings. The maximum atomic E-state index is 10.8. The quantitative estimate of drug-likeness (QED) is 0.507. The summed E-state index contributed by atoms with van der Waals surface area (Å²) in [5.74, 6) is -1.78. The van der Waals surface area contributed by atoms with Gasteiger partial charge in [-0.3, -0.25) is 4.79 Å². The van der Waals surface area contributed by atoms with Crippen LogP contribution in [0, 0.1) is 0 Å². The number of esters is 1. The number of hydrogen-bond donors (Lipinski definition) is 1. The Balaban J connectivity index is 3.63. The third-order valence-corrected chi connectivity index (χ3v) is 1.25. The van der Waals surface area contributed by atoms with Gasteiger partial charge in [-0.2, -0.15) is 0 Å². The molecule has 0 fully saturated rings. The second-order valence-electron chi connectivity index (χ2n) is 2.27. The molecule has 70 valence electrons. The molecule has 0 bridgehead atoms. The van der Waals surface area contributed by atoms with E-state index in [1.165, 1.54) is 0 Å². The van der Waals surface area contributed by atoms with Gasteiger partial charge in [0.2, 0.25) is 0 Å². The zero-order chi connectivity index (χ0) is 9.56. The second-order valence-corrected chi connectivity index (χ2v) is 2.27. The molecule has 0 aliphatic carbocycles.